The fraction of sp³-hybridized carbons (Fsp3) is 0.444. The predicted octanol–water partition coefficient (Wildman–Crippen LogP) is 3.64. The molecule has 0 unspecified atom stereocenters. The average Bonchev–Trinajstić information content (AvgIpc) is 2.57. The molecule has 6 heteroatoms. The van der Waals surface area contributed by atoms with Crippen LogP contribution in [-0.4, -0.2) is 41.8 Å². The van der Waals surface area contributed by atoms with E-state index in [1.54, 1.807) is 11.8 Å². The van der Waals surface area contributed by atoms with Gasteiger partial charge in [-0.15, -0.1) is 0 Å². The van der Waals surface area contributed by atoms with Crippen molar-refractivity contribution < 1.29 is 4.74 Å². The maximum atomic E-state index is 6.31. The molecule has 5 nitrogen and oxygen atoms in total. The normalized spacial score (nSPS) is 14.4. The van der Waals surface area contributed by atoms with E-state index in [0.717, 1.165) is 58.5 Å². The molecule has 1 aliphatic rings. The van der Waals surface area contributed by atoms with E-state index < -0.39 is 0 Å². The Morgan fingerprint density at radius 3 is 2.54 bits per heavy atom. The van der Waals surface area contributed by atoms with Gasteiger partial charge in [0.15, 0.2) is 5.16 Å². The smallest absolute Gasteiger partial charge is 0.228 e. The second-order valence-corrected chi connectivity index (χ2v) is 6.99. The van der Waals surface area contributed by atoms with Gasteiger partial charge in [0.2, 0.25) is 5.88 Å². The van der Waals surface area contributed by atoms with E-state index >= 15 is 0 Å². The Bertz CT molecular complexity index is 740. The Kier molecular flexibility index (Phi) is 4.96. The van der Waals surface area contributed by atoms with Crippen molar-refractivity contribution in [3.8, 4) is 11.6 Å². The number of ether oxygens (including phenoxy) is 1. The number of nitrogens with zero attached hydrogens (tertiary/aromatic N) is 3. The van der Waals surface area contributed by atoms with Crippen molar-refractivity contribution in [3.05, 3.63) is 34.5 Å². The molecule has 0 fully saturated rings. The molecule has 3 rings (SSSR count). The zero-order valence-electron chi connectivity index (χ0n) is 14.9. The molecule has 0 radical (unpaired) electrons. The molecule has 1 N–H and O–H groups in total. The monoisotopic (exact) mass is 344 g/mol. The van der Waals surface area contributed by atoms with Crippen LogP contribution in [0.5, 0.6) is 11.6 Å². The van der Waals surface area contributed by atoms with Crippen LogP contribution in [-0.2, 0) is 13.0 Å². The third-order valence-electron chi connectivity index (χ3n) is 4.32. The number of fused-ring (bicyclic) bond motifs is 1. The third kappa shape index (κ3) is 3.35. The van der Waals surface area contributed by atoms with Crippen molar-refractivity contribution in [2.24, 2.45) is 0 Å². The van der Waals surface area contributed by atoms with E-state index in [-0.39, 0.29) is 0 Å². The summed E-state index contributed by atoms with van der Waals surface area (Å²) in [6, 6.07) is 4.19. The van der Waals surface area contributed by atoms with Crippen LogP contribution in [0, 0.1) is 13.8 Å². The minimum atomic E-state index is 0.694. The van der Waals surface area contributed by atoms with Crippen LogP contribution in [0.25, 0.3) is 0 Å². The summed E-state index contributed by atoms with van der Waals surface area (Å²) in [5, 5.41) is 3.96. The van der Waals surface area contributed by atoms with E-state index in [1.165, 1.54) is 0 Å². The van der Waals surface area contributed by atoms with Crippen molar-refractivity contribution in [1.29, 1.82) is 0 Å². The number of nitrogens with one attached hydrogen (secondary N) is 1. The lowest BCUT2D eigenvalue weighted by Gasteiger charge is -2.26. The first-order valence-corrected chi connectivity index (χ1v) is 9.33. The predicted molar refractivity (Wildman–Crippen MR) is 99.4 cm³/mol. The molecule has 2 aromatic rings. The Morgan fingerprint density at radius 2 is 1.92 bits per heavy atom. The van der Waals surface area contributed by atoms with Gasteiger partial charge in [0.25, 0.3) is 0 Å². The van der Waals surface area contributed by atoms with E-state index in [9.17, 15) is 0 Å². The van der Waals surface area contributed by atoms with Crippen LogP contribution < -0.4 is 10.1 Å². The molecule has 1 aromatic heterocycles. The minimum Gasteiger partial charge on any atom is -0.438 e. The number of hydrogen-bond donors (Lipinski definition) is 1. The molecule has 0 saturated carbocycles. The van der Waals surface area contributed by atoms with Gasteiger partial charge in [0.05, 0.1) is 11.3 Å². The van der Waals surface area contributed by atoms with Gasteiger partial charge in [-0.3, -0.25) is 0 Å². The molecular formula is C18H24N4OS. The van der Waals surface area contributed by atoms with E-state index in [0.29, 0.717) is 5.88 Å². The van der Waals surface area contributed by atoms with Crippen LogP contribution in [0.1, 0.15) is 22.4 Å². The molecule has 1 aromatic carbocycles. The molecule has 0 bridgehead atoms. The molecule has 0 aliphatic carbocycles. The van der Waals surface area contributed by atoms with Crippen LogP contribution in [0.3, 0.4) is 0 Å². The van der Waals surface area contributed by atoms with Crippen molar-refractivity contribution in [2.75, 3.05) is 32.2 Å². The summed E-state index contributed by atoms with van der Waals surface area (Å²) in [6.45, 7) is 5.98. The topological polar surface area (TPSA) is 50.3 Å². The van der Waals surface area contributed by atoms with E-state index in [4.69, 9.17) is 4.74 Å². The van der Waals surface area contributed by atoms with Gasteiger partial charge in [-0.2, -0.15) is 4.98 Å². The fourth-order valence-electron chi connectivity index (χ4n) is 3.03. The van der Waals surface area contributed by atoms with Crippen molar-refractivity contribution in [1.82, 2.24) is 14.9 Å². The van der Waals surface area contributed by atoms with E-state index in [1.807, 2.05) is 13.3 Å². The molecule has 0 saturated heterocycles. The first kappa shape index (κ1) is 17.0. The Balaban J connectivity index is 2.04. The quantitative estimate of drug-likeness (QED) is 0.675. The van der Waals surface area contributed by atoms with Crippen LogP contribution in [0.15, 0.2) is 17.3 Å². The maximum absolute atomic E-state index is 6.31. The highest BCUT2D eigenvalue weighted by Gasteiger charge is 2.22. The summed E-state index contributed by atoms with van der Waals surface area (Å²) in [5.41, 5.74) is 5.51. The average molecular weight is 344 g/mol. The van der Waals surface area contributed by atoms with Gasteiger partial charge in [0, 0.05) is 32.2 Å². The summed E-state index contributed by atoms with van der Waals surface area (Å²) in [5.74, 6) is 1.58. The number of benzene rings is 1. The van der Waals surface area contributed by atoms with Crippen molar-refractivity contribution in [3.63, 3.8) is 0 Å². The lowest BCUT2D eigenvalue weighted by molar-refractivity contribution is 0.298. The third-order valence-corrected chi connectivity index (χ3v) is 4.87. The number of likely N-dealkylation sites (N-methyl/N-ethyl adjacent to an activating group) is 1. The molecule has 0 atom stereocenters. The summed E-state index contributed by atoms with van der Waals surface area (Å²) < 4.78 is 6.31. The highest BCUT2D eigenvalue weighted by Crippen LogP contribution is 2.35. The minimum absolute atomic E-state index is 0.694. The molecular weight excluding hydrogens is 320 g/mol. The molecule has 24 heavy (non-hydrogen) atoms. The van der Waals surface area contributed by atoms with Crippen LogP contribution >= 0.6 is 11.8 Å². The summed E-state index contributed by atoms with van der Waals surface area (Å²) in [4.78, 5) is 11.6. The number of rotatable bonds is 4. The number of aryl methyl sites for hydroxylation is 2. The highest BCUT2D eigenvalue weighted by atomic mass is 32.2. The second-order valence-electron chi connectivity index (χ2n) is 6.22. The molecule has 0 amide bonds. The Morgan fingerprint density at radius 1 is 1.21 bits per heavy atom. The number of aromatic nitrogens is 2. The highest BCUT2D eigenvalue weighted by molar-refractivity contribution is 7.98. The van der Waals surface area contributed by atoms with Gasteiger partial charge in [0.1, 0.15) is 5.75 Å². The van der Waals surface area contributed by atoms with Gasteiger partial charge < -0.3 is 15.0 Å². The number of hydrogen-bond acceptors (Lipinski definition) is 6. The summed E-state index contributed by atoms with van der Waals surface area (Å²) >= 11 is 1.56. The van der Waals surface area contributed by atoms with Crippen LogP contribution in [0.4, 0.5) is 5.69 Å². The molecule has 1 aliphatic heterocycles. The summed E-state index contributed by atoms with van der Waals surface area (Å²) in [7, 11) is 4.05. The zero-order chi connectivity index (χ0) is 17.3. The van der Waals surface area contributed by atoms with Crippen LogP contribution in [0.2, 0.25) is 0 Å². The standard InChI is InChI=1S/C18H24N4OS/c1-11-8-13(19-3)9-12(2)16(11)23-17-14-10-22(4)7-6-15(14)20-18(21-17)24-5/h8-9,19H,6-7,10H2,1-5H3. The first-order chi connectivity index (χ1) is 11.5. The molecule has 0 spiro atoms. The van der Waals surface area contributed by atoms with Crippen molar-refractivity contribution in [2.45, 2.75) is 32.0 Å². The second kappa shape index (κ2) is 6.99. The summed E-state index contributed by atoms with van der Waals surface area (Å²) in [6.07, 6.45) is 2.94. The number of thioether (sulfide) groups is 1. The first-order valence-electron chi connectivity index (χ1n) is 8.11. The van der Waals surface area contributed by atoms with Crippen molar-refractivity contribution >= 4 is 17.4 Å². The van der Waals surface area contributed by atoms with E-state index in [2.05, 4.69) is 53.2 Å². The SMILES string of the molecule is CNc1cc(C)c(Oc2nc(SC)nc3c2CN(C)CC3)c(C)c1. The fourth-order valence-corrected chi connectivity index (χ4v) is 3.40. The van der Waals surface area contributed by atoms with Gasteiger partial charge in [-0.25, -0.2) is 4.98 Å². The Labute approximate surface area is 147 Å². The van der Waals surface area contributed by atoms with Gasteiger partial charge in [-0.1, -0.05) is 11.8 Å². The molecule has 2 heterocycles. The van der Waals surface area contributed by atoms with Gasteiger partial charge in [-0.05, 0) is 50.4 Å². The Hall–Kier alpha value is -1.79. The zero-order valence-corrected chi connectivity index (χ0v) is 15.8. The largest absolute Gasteiger partial charge is 0.438 e. The van der Waals surface area contributed by atoms with Gasteiger partial charge >= 0.3 is 0 Å². The number of anilines is 1. The lowest BCUT2D eigenvalue weighted by atomic mass is 10.1. The lowest BCUT2D eigenvalue weighted by Crippen LogP contribution is -2.28. The molecule has 128 valence electrons. The maximum Gasteiger partial charge on any atom is 0.228 e.